The third-order valence-electron chi connectivity index (χ3n) is 4.27. The topological polar surface area (TPSA) is 67.8 Å². The van der Waals surface area contributed by atoms with Crippen molar-refractivity contribution in [3.63, 3.8) is 0 Å². The molecule has 4 rings (SSSR count). The molecule has 2 aromatic heterocycles. The molecule has 0 bridgehead atoms. The molecule has 124 valence electrons. The Labute approximate surface area is 141 Å². The number of Topliss-reactive ketones (excluding diaryl/α,β-unsaturated/α-hetero) is 1. The average molecular weight is 335 g/mol. The van der Waals surface area contributed by atoms with Crippen LogP contribution >= 0.6 is 0 Å². The van der Waals surface area contributed by atoms with E-state index in [1.165, 1.54) is 29.1 Å². The zero-order chi connectivity index (χ0) is 17.6. The summed E-state index contributed by atoms with van der Waals surface area (Å²) in [7, 11) is 0. The van der Waals surface area contributed by atoms with E-state index in [1.54, 1.807) is 0 Å². The van der Waals surface area contributed by atoms with Crippen molar-refractivity contribution in [2.24, 2.45) is 0 Å². The van der Waals surface area contributed by atoms with Gasteiger partial charge in [-0.25, -0.2) is 9.37 Å². The molecule has 25 heavy (non-hydrogen) atoms. The molecule has 0 radical (unpaired) electrons. The second kappa shape index (κ2) is 5.66. The molecule has 0 saturated carbocycles. The van der Waals surface area contributed by atoms with Gasteiger partial charge in [0.2, 0.25) is 0 Å². The molecule has 4 aromatic rings. The lowest BCUT2D eigenvalue weighted by molar-refractivity contribution is 0.0971. The number of halogens is 1. The average Bonchev–Trinajstić information content (AvgIpc) is 2.93. The van der Waals surface area contributed by atoms with Crippen LogP contribution in [-0.4, -0.2) is 20.3 Å². The minimum absolute atomic E-state index is 0.123. The Morgan fingerprint density at radius 1 is 1.20 bits per heavy atom. The lowest BCUT2D eigenvalue weighted by Gasteiger charge is -2.06. The fourth-order valence-electron chi connectivity index (χ4n) is 3.11. The van der Waals surface area contributed by atoms with E-state index in [1.807, 2.05) is 31.2 Å². The Balaban J connectivity index is 1.77. The Hall–Kier alpha value is -3.28. The van der Waals surface area contributed by atoms with Crippen LogP contribution in [0.3, 0.4) is 0 Å². The number of rotatable bonds is 3. The van der Waals surface area contributed by atoms with Gasteiger partial charge in [0.15, 0.2) is 5.78 Å². The maximum atomic E-state index is 13.3. The van der Waals surface area contributed by atoms with Crippen LogP contribution in [0, 0.1) is 12.7 Å². The fourth-order valence-corrected chi connectivity index (χ4v) is 3.11. The standard InChI is InChI=1S/C19H14FN3O2/c1-11-18(13-4-2-3-5-15(13)22-11)17(24)9-23-10-21-16-8-12(20)6-7-14(16)19(23)25/h2-8,10,22H,9H2,1H3. The minimum Gasteiger partial charge on any atom is -0.358 e. The zero-order valence-electron chi connectivity index (χ0n) is 13.4. The van der Waals surface area contributed by atoms with E-state index >= 15 is 0 Å². The number of H-pyrrole nitrogens is 1. The first kappa shape index (κ1) is 15.3. The summed E-state index contributed by atoms with van der Waals surface area (Å²) >= 11 is 0. The quantitative estimate of drug-likeness (QED) is 0.585. The van der Waals surface area contributed by atoms with E-state index in [0.29, 0.717) is 5.56 Å². The van der Waals surface area contributed by atoms with Crippen molar-refractivity contribution >= 4 is 27.6 Å². The molecule has 6 heteroatoms. The molecule has 2 aromatic carbocycles. The maximum absolute atomic E-state index is 13.3. The largest absolute Gasteiger partial charge is 0.358 e. The summed E-state index contributed by atoms with van der Waals surface area (Å²) in [5.74, 6) is -0.636. The van der Waals surface area contributed by atoms with Gasteiger partial charge in [-0.15, -0.1) is 0 Å². The van der Waals surface area contributed by atoms with Gasteiger partial charge in [0, 0.05) is 28.2 Å². The highest BCUT2D eigenvalue weighted by molar-refractivity contribution is 6.09. The molecule has 0 saturated heterocycles. The van der Waals surface area contributed by atoms with E-state index < -0.39 is 5.82 Å². The first-order chi connectivity index (χ1) is 12.0. The zero-order valence-corrected chi connectivity index (χ0v) is 13.4. The monoisotopic (exact) mass is 335 g/mol. The predicted molar refractivity (Wildman–Crippen MR) is 93.3 cm³/mol. The molecular weight excluding hydrogens is 321 g/mol. The third kappa shape index (κ3) is 2.52. The van der Waals surface area contributed by atoms with Gasteiger partial charge >= 0.3 is 0 Å². The van der Waals surface area contributed by atoms with Crippen LogP contribution in [0.2, 0.25) is 0 Å². The van der Waals surface area contributed by atoms with Crippen LogP contribution in [0.5, 0.6) is 0 Å². The van der Waals surface area contributed by atoms with Crippen molar-refractivity contribution < 1.29 is 9.18 Å². The predicted octanol–water partition coefficient (Wildman–Crippen LogP) is 3.21. The Kier molecular flexibility index (Phi) is 3.46. The van der Waals surface area contributed by atoms with Crippen molar-refractivity contribution in [3.8, 4) is 0 Å². The van der Waals surface area contributed by atoms with E-state index in [0.717, 1.165) is 16.6 Å². The Morgan fingerprint density at radius 2 is 2.00 bits per heavy atom. The van der Waals surface area contributed by atoms with Crippen molar-refractivity contribution in [3.05, 3.63) is 76.2 Å². The number of hydrogen-bond donors (Lipinski definition) is 1. The number of aromatic amines is 1. The van der Waals surface area contributed by atoms with Crippen molar-refractivity contribution in [1.82, 2.24) is 14.5 Å². The lowest BCUT2D eigenvalue weighted by Crippen LogP contribution is -2.25. The van der Waals surface area contributed by atoms with Crippen molar-refractivity contribution in [2.45, 2.75) is 13.5 Å². The van der Waals surface area contributed by atoms with Crippen LogP contribution in [0.25, 0.3) is 21.8 Å². The molecule has 0 atom stereocenters. The summed E-state index contributed by atoms with van der Waals surface area (Å²) in [6.45, 7) is 1.71. The van der Waals surface area contributed by atoms with Gasteiger partial charge < -0.3 is 4.98 Å². The number of benzene rings is 2. The number of aryl methyl sites for hydroxylation is 1. The van der Waals surface area contributed by atoms with Gasteiger partial charge in [0.25, 0.3) is 5.56 Å². The van der Waals surface area contributed by atoms with Gasteiger partial charge in [-0.1, -0.05) is 18.2 Å². The normalized spacial score (nSPS) is 11.3. The number of carbonyl (C=O) groups excluding carboxylic acids is 1. The van der Waals surface area contributed by atoms with Crippen LogP contribution < -0.4 is 5.56 Å². The number of nitrogens with one attached hydrogen (secondary N) is 1. The smallest absolute Gasteiger partial charge is 0.261 e. The molecule has 0 amide bonds. The van der Waals surface area contributed by atoms with Gasteiger partial charge in [-0.05, 0) is 25.1 Å². The van der Waals surface area contributed by atoms with Gasteiger partial charge in [0.05, 0.1) is 23.8 Å². The number of nitrogens with zero attached hydrogens (tertiary/aromatic N) is 2. The molecule has 1 N–H and O–H groups in total. The maximum Gasteiger partial charge on any atom is 0.261 e. The molecule has 0 unspecified atom stereocenters. The molecule has 0 fully saturated rings. The summed E-state index contributed by atoms with van der Waals surface area (Å²) in [6, 6.07) is 11.3. The van der Waals surface area contributed by atoms with Gasteiger partial charge in [-0.2, -0.15) is 0 Å². The van der Waals surface area contributed by atoms with E-state index in [2.05, 4.69) is 9.97 Å². The molecule has 0 aliphatic heterocycles. The number of hydrogen-bond acceptors (Lipinski definition) is 3. The van der Waals surface area contributed by atoms with E-state index in [-0.39, 0.29) is 28.8 Å². The van der Waals surface area contributed by atoms with Crippen LogP contribution in [0.15, 0.2) is 53.6 Å². The highest BCUT2D eigenvalue weighted by atomic mass is 19.1. The molecule has 0 spiro atoms. The Morgan fingerprint density at radius 3 is 2.84 bits per heavy atom. The number of carbonyl (C=O) groups is 1. The van der Waals surface area contributed by atoms with Crippen molar-refractivity contribution in [2.75, 3.05) is 0 Å². The van der Waals surface area contributed by atoms with Crippen LogP contribution in [0.4, 0.5) is 4.39 Å². The molecule has 0 aliphatic carbocycles. The second-order valence-corrected chi connectivity index (χ2v) is 5.93. The van der Waals surface area contributed by atoms with Crippen LogP contribution in [0.1, 0.15) is 16.1 Å². The molecular formula is C19H14FN3O2. The van der Waals surface area contributed by atoms with Crippen molar-refractivity contribution in [1.29, 1.82) is 0 Å². The summed E-state index contributed by atoms with van der Waals surface area (Å²) in [5, 5.41) is 1.11. The lowest BCUT2D eigenvalue weighted by atomic mass is 10.1. The minimum atomic E-state index is -0.456. The van der Waals surface area contributed by atoms with E-state index in [9.17, 15) is 14.0 Å². The first-order valence-corrected chi connectivity index (χ1v) is 7.80. The highest BCUT2D eigenvalue weighted by Gasteiger charge is 2.17. The Bertz CT molecular complexity index is 1190. The molecule has 2 heterocycles. The summed E-state index contributed by atoms with van der Waals surface area (Å²) in [6.07, 6.45) is 1.28. The van der Waals surface area contributed by atoms with Crippen LogP contribution in [-0.2, 0) is 6.54 Å². The molecule has 0 aliphatic rings. The number of aromatic nitrogens is 3. The highest BCUT2D eigenvalue weighted by Crippen LogP contribution is 2.22. The summed E-state index contributed by atoms with van der Waals surface area (Å²) < 4.78 is 14.5. The van der Waals surface area contributed by atoms with Gasteiger partial charge in [0.1, 0.15) is 5.82 Å². The number of ketones is 1. The molecule has 5 nitrogen and oxygen atoms in total. The SMILES string of the molecule is Cc1[nH]c2ccccc2c1C(=O)Cn1cnc2cc(F)ccc2c1=O. The second-order valence-electron chi connectivity index (χ2n) is 5.93. The van der Waals surface area contributed by atoms with Gasteiger partial charge in [-0.3, -0.25) is 14.2 Å². The first-order valence-electron chi connectivity index (χ1n) is 7.80. The number of fused-ring (bicyclic) bond motifs is 2. The summed E-state index contributed by atoms with van der Waals surface area (Å²) in [5.41, 5.74) is 2.12. The summed E-state index contributed by atoms with van der Waals surface area (Å²) in [4.78, 5) is 32.6. The third-order valence-corrected chi connectivity index (χ3v) is 4.27. The number of para-hydroxylation sites is 1. The fraction of sp³-hybridized carbons (Fsp3) is 0.105. The van der Waals surface area contributed by atoms with E-state index in [4.69, 9.17) is 0 Å².